The van der Waals surface area contributed by atoms with Crippen LogP contribution in [0.15, 0.2) is 24.3 Å². The molecular weight excluding hydrogens is 471 g/mol. The highest BCUT2D eigenvalue weighted by molar-refractivity contribution is 6.58. The average Bonchev–Trinajstić information content (AvgIpc) is 2.81. The molecule has 1 aliphatic carbocycles. The fourth-order valence-corrected chi connectivity index (χ4v) is 9.26. The van der Waals surface area contributed by atoms with E-state index in [1.54, 1.807) is 0 Å². The van der Waals surface area contributed by atoms with Crippen molar-refractivity contribution in [2.24, 2.45) is 11.8 Å². The van der Waals surface area contributed by atoms with Crippen LogP contribution in [0.2, 0.25) is 18.1 Å². The number of alkyl halides is 3. The van der Waals surface area contributed by atoms with Crippen LogP contribution in [-0.4, -0.2) is 8.80 Å². The van der Waals surface area contributed by atoms with Crippen LogP contribution >= 0.6 is 0 Å². The van der Waals surface area contributed by atoms with Crippen molar-refractivity contribution in [3.63, 3.8) is 0 Å². The number of benzene rings is 1. The van der Waals surface area contributed by atoms with Crippen LogP contribution in [0.1, 0.15) is 94.6 Å². The second-order valence-electron chi connectivity index (χ2n) is 10.5. The van der Waals surface area contributed by atoms with Gasteiger partial charge < -0.3 is 0 Å². The maximum atomic E-state index is 13.9. The van der Waals surface area contributed by atoms with Crippen molar-refractivity contribution in [1.29, 1.82) is 0 Å². The Bertz CT molecular complexity index is 856. The van der Waals surface area contributed by atoms with Gasteiger partial charge in [-0.25, -0.2) is 8.78 Å². The van der Waals surface area contributed by atoms with E-state index in [9.17, 15) is 22.0 Å². The topological polar surface area (TPSA) is 0 Å². The Kier molecular flexibility index (Phi) is 10.9. The molecule has 2 aliphatic rings. The van der Waals surface area contributed by atoms with Crippen LogP contribution < -0.4 is 0 Å². The summed E-state index contributed by atoms with van der Waals surface area (Å²) in [6, 6.07) is 6.16. The Morgan fingerprint density at radius 2 is 1.54 bits per heavy atom. The zero-order valence-corrected chi connectivity index (χ0v) is 22.1. The minimum Gasteiger partial charge on any atom is -0.206 e. The van der Waals surface area contributed by atoms with Gasteiger partial charge in [-0.15, -0.1) is 0 Å². The third-order valence-electron chi connectivity index (χ3n) is 7.89. The summed E-state index contributed by atoms with van der Waals surface area (Å²) in [5.41, 5.74) is -1.48. The van der Waals surface area contributed by atoms with Crippen molar-refractivity contribution in [3.8, 4) is 11.8 Å². The number of rotatable bonds is 8. The number of halogens is 5. The molecule has 1 aromatic carbocycles. The molecule has 3 rings (SSSR count). The molecule has 1 saturated carbocycles. The summed E-state index contributed by atoms with van der Waals surface area (Å²) in [6.45, 7) is 2.26. The van der Waals surface area contributed by atoms with Gasteiger partial charge in [0.05, 0.1) is 0 Å². The van der Waals surface area contributed by atoms with Crippen molar-refractivity contribution < 1.29 is 22.0 Å². The van der Waals surface area contributed by atoms with E-state index in [0.29, 0.717) is 24.3 Å². The van der Waals surface area contributed by atoms with Gasteiger partial charge in [0.1, 0.15) is 17.2 Å². The Morgan fingerprint density at radius 1 is 0.914 bits per heavy atom. The van der Waals surface area contributed by atoms with Gasteiger partial charge in [0.2, 0.25) is 0 Å². The van der Waals surface area contributed by atoms with Crippen molar-refractivity contribution in [1.82, 2.24) is 0 Å². The molecule has 1 saturated heterocycles. The van der Waals surface area contributed by atoms with Crippen molar-refractivity contribution >= 4 is 8.80 Å². The van der Waals surface area contributed by atoms with E-state index in [1.165, 1.54) is 63.1 Å². The monoisotopic (exact) mass is 510 g/mol. The first-order valence-electron chi connectivity index (χ1n) is 13.5. The first-order chi connectivity index (χ1) is 16.8. The van der Waals surface area contributed by atoms with Gasteiger partial charge in [0.15, 0.2) is 0 Å². The van der Waals surface area contributed by atoms with Gasteiger partial charge >= 0.3 is 6.18 Å². The van der Waals surface area contributed by atoms with Crippen molar-refractivity contribution in [2.75, 3.05) is 0 Å². The molecule has 0 radical (unpaired) electrons. The van der Waals surface area contributed by atoms with E-state index >= 15 is 0 Å². The lowest BCUT2D eigenvalue weighted by atomic mass is 9.78. The van der Waals surface area contributed by atoms with Crippen LogP contribution in [0.4, 0.5) is 22.0 Å². The van der Waals surface area contributed by atoms with Crippen LogP contribution in [0.5, 0.6) is 0 Å². The highest BCUT2D eigenvalue weighted by Crippen LogP contribution is 2.39. The van der Waals surface area contributed by atoms with E-state index in [2.05, 4.69) is 24.8 Å². The smallest absolute Gasteiger partial charge is 0.206 e. The van der Waals surface area contributed by atoms with E-state index in [1.807, 2.05) is 6.08 Å². The molecule has 0 aromatic heterocycles. The fraction of sp³-hybridized carbons (Fsp3) is 0.655. The Balaban J connectivity index is 1.39. The lowest BCUT2D eigenvalue weighted by Gasteiger charge is -2.26. The molecule has 0 bridgehead atoms. The number of hydrogen-bond acceptors (Lipinski definition) is 0. The zero-order chi connectivity index (χ0) is 25.3. The van der Waals surface area contributed by atoms with Gasteiger partial charge in [-0.3, -0.25) is 0 Å². The highest BCUT2D eigenvalue weighted by atomic mass is 28.3. The van der Waals surface area contributed by atoms with E-state index in [-0.39, 0.29) is 11.8 Å². The van der Waals surface area contributed by atoms with Gasteiger partial charge in [-0.05, 0) is 74.1 Å². The van der Waals surface area contributed by atoms with Gasteiger partial charge in [0.25, 0.3) is 0 Å². The first kappa shape index (κ1) is 28.0. The number of allylic oxidation sites excluding steroid dienone is 2. The lowest BCUT2D eigenvalue weighted by molar-refractivity contribution is -0.142. The summed E-state index contributed by atoms with van der Waals surface area (Å²) in [4.78, 5) is 0. The van der Waals surface area contributed by atoms with E-state index in [4.69, 9.17) is 0 Å². The average molecular weight is 511 g/mol. The molecule has 1 heterocycles. The molecular formula is C29H39F5Si. The molecule has 194 valence electrons. The minimum atomic E-state index is -5.03. The van der Waals surface area contributed by atoms with Crippen LogP contribution in [0.3, 0.4) is 0 Å². The third-order valence-corrected chi connectivity index (χ3v) is 11.4. The Labute approximate surface area is 209 Å². The van der Waals surface area contributed by atoms with Gasteiger partial charge in [0, 0.05) is 14.7 Å². The minimum absolute atomic E-state index is 0.124. The normalized spacial score (nSPS) is 25.4. The fourth-order valence-electron chi connectivity index (χ4n) is 5.73. The molecule has 0 amide bonds. The third kappa shape index (κ3) is 8.77. The number of unbranched alkanes of at least 4 members (excludes halogenated alkanes) is 4. The van der Waals surface area contributed by atoms with Crippen LogP contribution in [-0.2, 0) is 6.18 Å². The van der Waals surface area contributed by atoms with Crippen molar-refractivity contribution in [2.45, 2.75) is 108 Å². The zero-order valence-electron chi connectivity index (χ0n) is 20.9. The summed E-state index contributed by atoms with van der Waals surface area (Å²) >= 11 is 0. The number of hydrogen-bond donors (Lipinski definition) is 0. The summed E-state index contributed by atoms with van der Waals surface area (Å²) in [7, 11) is -0.503. The maximum Gasteiger partial charge on any atom is 0.422 e. The summed E-state index contributed by atoms with van der Waals surface area (Å²) in [6.07, 6.45) is 11.8. The SMILES string of the molecule is CCCCCCC[Si@H]1CC[C@H](/C=C/C#C[C@H]2CC[C@H](c3cc(F)c(C(F)(F)F)c(F)c3)CC2)CC1. The van der Waals surface area contributed by atoms with E-state index in [0.717, 1.165) is 25.0 Å². The Morgan fingerprint density at radius 3 is 2.14 bits per heavy atom. The second-order valence-corrected chi connectivity index (χ2v) is 14.0. The summed E-state index contributed by atoms with van der Waals surface area (Å²) < 4.78 is 66.2. The first-order valence-corrected chi connectivity index (χ1v) is 16.0. The second kappa shape index (κ2) is 13.6. The summed E-state index contributed by atoms with van der Waals surface area (Å²) in [5.74, 6) is 4.23. The van der Waals surface area contributed by atoms with Crippen LogP contribution in [0.25, 0.3) is 0 Å². The molecule has 0 nitrogen and oxygen atoms in total. The Hall–Kier alpha value is -1.61. The van der Waals surface area contributed by atoms with Gasteiger partial charge in [-0.1, -0.05) is 75.1 Å². The molecule has 0 unspecified atom stereocenters. The molecule has 1 aromatic rings. The lowest BCUT2D eigenvalue weighted by Crippen LogP contribution is -2.20. The highest BCUT2D eigenvalue weighted by Gasteiger charge is 2.38. The van der Waals surface area contributed by atoms with Crippen molar-refractivity contribution in [3.05, 3.63) is 47.0 Å². The predicted octanol–water partition coefficient (Wildman–Crippen LogP) is 9.42. The molecule has 2 fully saturated rings. The summed E-state index contributed by atoms with van der Waals surface area (Å²) in [5, 5.41) is 0. The molecule has 1 aliphatic heterocycles. The molecule has 35 heavy (non-hydrogen) atoms. The standard InChI is InChI=1S/C29H39F5Si/c1-2-3-4-5-8-17-35-18-15-23(16-19-35)10-7-6-9-22-11-13-24(14-12-22)25-20-26(30)28(27(31)21-25)29(32,33)34/h7,10,20-24,35H,2-5,8,11-19H2,1H3/b10-7+/t22-,23-,24-,35-. The molecule has 0 atom stereocenters. The predicted molar refractivity (Wildman–Crippen MR) is 136 cm³/mol. The van der Waals surface area contributed by atoms with E-state index < -0.39 is 32.2 Å². The maximum absolute atomic E-state index is 13.9. The van der Waals surface area contributed by atoms with Gasteiger partial charge in [-0.2, -0.15) is 13.2 Å². The molecule has 0 spiro atoms. The largest absolute Gasteiger partial charge is 0.422 e. The van der Waals surface area contributed by atoms with Crippen LogP contribution in [0, 0.1) is 35.3 Å². The quantitative estimate of drug-likeness (QED) is 0.141. The molecule has 0 N–H and O–H groups in total. The molecule has 6 heteroatoms.